The Morgan fingerprint density at radius 1 is 1.20 bits per heavy atom. The number of halogens is 1. The van der Waals surface area contributed by atoms with E-state index in [4.69, 9.17) is 4.74 Å². The summed E-state index contributed by atoms with van der Waals surface area (Å²) in [5.41, 5.74) is 9.77. The molecule has 0 bridgehead atoms. The average Bonchev–Trinajstić information content (AvgIpc) is 3.05. The van der Waals surface area contributed by atoms with Crippen LogP contribution < -0.4 is 21.1 Å². The Bertz CT molecular complexity index is 528. The Balaban J connectivity index is 0.00000225. The van der Waals surface area contributed by atoms with Crippen molar-refractivity contribution >= 4 is 18.1 Å². The van der Waals surface area contributed by atoms with Gasteiger partial charge in [-0.15, -0.1) is 12.4 Å². The number of rotatable bonds is 5. The van der Waals surface area contributed by atoms with Crippen molar-refractivity contribution in [3.8, 4) is 0 Å². The Hall–Kier alpha value is -0.850. The van der Waals surface area contributed by atoms with Crippen molar-refractivity contribution < 1.29 is 4.74 Å². The van der Waals surface area contributed by atoms with E-state index in [1.54, 1.807) is 0 Å². The van der Waals surface area contributed by atoms with Crippen LogP contribution in [0.3, 0.4) is 0 Å². The lowest BCUT2D eigenvalue weighted by molar-refractivity contribution is 0.122. The molecule has 2 aliphatic rings. The Morgan fingerprint density at radius 3 is 2.64 bits per heavy atom. The fourth-order valence-corrected chi connectivity index (χ4v) is 3.81. The highest BCUT2D eigenvalue weighted by atomic mass is 35.5. The lowest BCUT2D eigenvalue weighted by Crippen LogP contribution is -2.44. The van der Waals surface area contributed by atoms with Gasteiger partial charge in [-0.3, -0.25) is 10.9 Å². The van der Waals surface area contributed by atoms with Gasteiger partial charge in [0.1, 0.15) is 0 Å². The van der Waals surface area contributed by atoms with Crippen LogP contribution in [0.15, 0.2) is 24.3 Å². The molecule has 25 heavy (non-hydrogen) atoms. The van der Waals surface area contributed by atoms with Crippen molar-refractivity contribution in [2.75, 3.05) is 44.3 Å². The molecular formula is C19H33ClN4O. The maximum absolute atomic E-state index is 5.48. The molecule has 5 nitrogen and oxygen atoms in total. The number of hydrazine groups is 1. The van der Waals surface area contributed by atoms with Gasteiger partial charge in [-0.25, -0.2) is 0 Å². The van der Waals surface area contributed by atoms with Gasteiger partial charge in [-0.1, -0.05) is 39.0 Å². The number of ether oxygens (including phenoxy) is 1. The van der Waals surface area contributed by atoms with Gasteiger partial charge in [0.25, 0.3) is 0 Å². The summed E-state index contributed by atoms with van der Waals surface area (Å²) in [5, 5.41) is 3.69. The maximum atomic E-state index is 5.48. The third-order valence-electron chi connectivity index (χ3n) is 5.09. The van der Waals surface area contributed by atoms with E-state index in [1.165, 1.54) is 11.3 Å². The summed E-state index contributed by atoms with van der Waals surface area (Å²) in [4.78, 5) is 2.44. The van der Waals surface area contributed by atoms with Crippen molar-refractivity contribution in [1.29, 1.82) is 0 Å². The highest BCUT2D eigenvalue weighted by molar-refractivity contribution is 5.85. The summed E-state index contributed by atoms with van der Waals surface area (Å²) in [6, 6.07) is 9.25. The molecule has 0 spiro atoms. The number of morpholine rings is 1. The van der Waals surface area contributed by atoms with E-state index in [9.17, 15) is 0 Å². The highest BCUT2D eigenvalue weighted by Crippen LogP contribution is 2.27. The number of nitrogens with zero attached hydrogens (tertiary/aromatic N) is 1. The van der Waals surface area contributed by atoms with Crippen LogP contribution >= 0.6 is 12.4 Å². The minimum atomic E-state index is 0. The summed E-state index contributed by atoms with van der Waals surface area (Å²) in [5.74, 6) is 0.612. The van der Waals surface area contributed by atoms with Gasteiger partial charge in [0.05, 0.1) is 13.2 Å². The van der Waals surface area contributed by atoms with Gasteiger partial charge < -0.3 is 15.0 Å². The van der Waals surface area contributed by atoms with Crippen LogP contribution in [-0.4, -0.2) is 45.4 Å². The quantitative estimate of drug-likeness (QED) is 0.743. The van der Waals surface area contributed by atoms with Crippen LogP contribution in [-0.2, 0) is 11.3 Å². The van der Waals surface area contributed by atoms with Crippen LogP contribution in [0.2, 0.25) is 0 Å². The lowest BCUT2D eigenvalue weighted by Gasteiger charge is -2.32. The van der Waals surface area contributed by atoms with Crippen LogP contribution in [0.5, 0.6) is 0 Å². The number of anilines is 1. The molecule has 0 aromatic heterocycles. The summed E-state index contributed by atoms with van der Waals surface area (Å²) in [7, 11) is 0. The predicted octanol–water partition coefficient (Wildman–Crippen LogP) is 2.17. The second-order valence-electron chi connectivity index (χ2n) is 7.99. The topological polar surface area (TPSA) is 48.6 Å². The summed E-state index contributed by atoms with van der Waals surface area (Å²) in [6.45, 7) is 13.5. The first-order chi connectivity index (χ1) is 11.6. The molecule has 0 aliphatic carbocycles. The number of para-hydroxylation sites is 1. The van der Waals surface area contributed by atoms with E-state index in [0.717, 1.165) is 45.9 Å². The van der Waals surface area contributed by atoms with E-state index < -0.39 is 0 Å². The molecule has 2 heterocycles. The summed E-state index contributed by atoms with van der Waals surface area (Å²) >= 11 is 0. The molecule has 1 aromatic rings. The van der Waals surface area contributed by atoms with Crippen molar-refractivity contribution in [2.45, 2.75) is 33.4 Å². The molecule has 2 fully saturated rings. The summed E-state index contributed by atoms with van der Waals surface area (Å²) < 4.78 is 5.48. The molecule has 142 valence electrons. The minimum Gasteiger partial charge on any atom is -0.378 e. The van der Waals surface area contributed by atoms with Crippen molar-refractivity contribution in [1.82, 2.24) is 16.2 Å². The fourth-order valence-electron chi connectivity index (χ4n) is 3.81. The van der Waals surface area contributed by atoms with E-state index in [0.29, 0.717) is 12.0 Å². The first-order valence-electron chi connectivity index (χ1n) is 9.15. The van der Waals surface area contributed by atoms with E-state index in [-0.39, 0.29) is 17.8 Å². The Morgan fingerprint density at radius 2 is 1.92 bits per heavy atom. The Labute approximate surface area is 158 Å². The van der Waals surface area contributed by atoms with Crippen LogP contribution in [0, 0.1) is 11.3 Å². The van der Waals surface area contributed by atoms with Crippen molar-refractivity contribution in [3.63, 3.8) is 0 Å². The fraction of sp³-hybridized carbons (Fsp3) is 0.684. The molecule has 2 aliphatic heterocycles. The molecule has 3 rings (SSSR count). The van der Waals surface area contributed by atoms with Crippen molar-refractivity contribution in [3.05, 3.63) is 29.8 Å². The van der Waals surface area contributed by atoms with E-state index >= 15 is 0 Å². The molecule has 2 atom stereocenters. The largest absolute Gasteiger partial charge is 0.378 e. The SMILES string of the molecule is CC(C)(C)C1NNCC1CNCc1ccccc1N1CCOCC1.Cl. The van der Waals surface area contributed by atoms with Gasteiger partial charge in [0, 0.05) is 50.4 Å². The lowest BCUT2D eigenvalue weighted by atomic mass is 9.80. The number of hydrogen-bond acceptors (Lipinski definition) is 5. The van der Waals surface area contributed by atoms with Gasteiger partial charge in [-0.2, -0.15) is 0 Å². The second kappa shape index (κ2) is 9.19. The molecule has 0 radical (unpaired) electrons. The Kier molecular flexibility index (Phi) is 7.52. The van der Waals surface area contributed by atoms with Crippen LogP contribution in [0.25, 0.3) is 0 Å². The monoisotopic (exact) mass is 368 g/mol. The number of nitrogens with one attached hydrogen (secondary N) is 3. The van der Waals surface area contributed by atoms with Gasteiger partial charge in [0.2, 0.25) is 0 Å². The van der Waals surface area contributed by atoms with Crippen LogP contribution in [0.4, 0.5) is 5.69 Å². The summed E-state index contributed by atoms with van der Waals surface area (Å²) in [6.07, 6.45) is 0. The standard InChI is InChI=1S/C19H32N4O.ClH/c1-19(2,3)18-16(14-21-22-18)13-20-12-15-6-4-5-7-17(15)23-8-10-24-11-9-23;/h4-7,16,18,20-22H,8-14H2,1-3H3;1H. The molecule has 3 N–H and O–H groups in total. The number of benzene rings is 1. The van der Waals surface area contributed by atoms with Gasteiger partial charge in [-0.05, 0) is 17.0 Å². The van der Waals surface area contributed by atoms with Gasteiger partial charge in [0.15, 0.2) is 0 Å². The molecular weight excluding hydrogens is 336 g/mol. The smallest absolute Gasteiger partial charge is 0.0642 e. The van der Waals surface area contributed by atoms with E-state index in [2.05, 4.69) is 66.1 Å². The molecule has 2 unspecified atom stereocenters. The molecule has 1 aromatic carbocycles. The first-order valence-corrected chi connectivity index (χ1v) is 9.15. The minimum absolute atomic E-state index is 0. The normalized spacial score (nSPS) is 24.2. The molecule has 2 saturated heterocycles. The number of hydrogen-bond donors (Lipinski definition) is 3. The van der Waals surface area contributed by atoms with Gasteiger partial charge >= 0.3 is 0 Å². The first kappa shape index (κ1) is 20.5. The zero-order chi connectivity index (χ0) is 17.0. The molecule has 0 saturated carbocycles. The zero-order valence-electron chi connectivity index (χ0n) is 15.7. The maximum Gasteiger partial charge on any atom is 0.0642 e. The van der Waals surface area contributed by atoms with Crippen LogP contribution in [0.1, 0.15) is 26.3 Å². The molecule has 0 amide bonds. The zero-order valence-corrected chi connectivity index (χ0v) is 16.5. The highest BCUT2D eigenvalue weighted by Gasteiger charge is 2.35. The third kappa shape index (κ3) is 5.31. The second-order valence-corrected chi connectivity index (χ2v) is 7.99. The average molecular weight is 369 g/mol. The van der Waals surface area contributed by atoms with Crippen molar-refractivity contribution in [2.24, 2.45) is 11.3 Å². The molecule has 6 heteroatoms. The van der Waals surface area contributed by atoms with E-state index in [1.807, 2.05) is 0 Å². The third-order valence-corrected chi connectivity index (χ3v) is 5.09. The predicted molar refractivity (Wildman–Crippen MR) is 106 cm³/mol.